The molecule has 1 amide bonds. The number of carbonyl (C=O) groups excluding carboxylic acids is 1. The zero-order valence-corrected chi connectivity index (χ0v) is 10.6. The van der Waals surface area contributed by atoms with Gasteiger partial charge in [0.2, 0.25) is 0 Å². The average molecular weight is 235 g/mol. The van der Waals surface area contributed by atoms with E-state index >= 15 is 0 Å². The molecule has 0 saturated heterocycles. The van der Waals surface area contributed by atoms with Crippen molar-refractivity contribution >= 4 is 5.91 Å². The molecule has 0 atom stereocenters. The van der Waals surface area contributed by atoms with Crippen LogP contribution in [0.1, 0.15) is 41.0 Å². The van der Waals surface area contributed by atoms with E-state index in [0.717, 1.165) is 37.2 Å². The summed E-state index contributed by atoms with van der Waals surface area (Å²) in [6, 6.07) is 3.68. The molecule has 0 aromatic carbocycles. The van der Waals surface area contributed by atoms with Gasteiger partial charge in [-0.1, -0.05) is 6.42 Å². The number of pyridine rings is 1. The van der Waals surface area contributed by atoms with Crippen LogP contribution in [0.15, 0.2) is 12.1 Å². The number of nitrogens with zero attached hydrogens (tertiary/aromatic N) is 1. The molecule has 94 valence electrons. The summed E-state index contributed by atoms with van der Waals surface area (Å²) in [5.74, 6) is -0.0391. The Bertz CT molecular complexity index is 377. The van der Waals surface area contributed by atoms with Gasteiger partial charge in [0.25, 0.3) is 5.91 Å². The lowest BCUT2D eigenvalue weighted by Crippen LogP contribution is -2.25. The Morgan fingerprint density at radius 3 is 2.71 bits per heavy atom. The van der Waals surface area contributed by atoms with Crippen molar-refractivity contribution in [1.82, 2.24) is 10.3 Å². The fourth-order valence-electron chi connectivity index (χ4n) is 1.67. The highest BCUT2D eigenvalue weighted by Gasteiger charge is 2.08. The maximum atomic E-state index is 11.8. The Labute approximate surface area is 103 Å². The largest absolute Gasteiger partial charge is 0.352 e. The van der Waals surface area contributed by atoms with Crippen LogP contribution >= 0.6 is 0 Å². The van der Waals surface area contributed by atoms with E-state index in [1.54, 1.807) is 0 Å². The van der Waals surface area contributed by atoms with Crippen LogP contribution in [0, 0.1) is 13.8 Å². The van der Waals surface area contributed by atoms with Gasteiger partial charge < -0.3 is 11.1 Å². The van der Waals surface area contributed by atoms with Gasteiger partial charge in [-0.15, -0.1) is 0 Å². The number of unbranched alkanes of at least 4 members (excludes halogenated alkanes) is 2. The highest BCUT2D eigenvalue weighted by molar-refractivity contribution is 5.95. The number of nitrogens with two attached hydrogens (primary N) is 1. The van der Waals surface area contributed by atoms with Gasteiger partial charge in [-0.25, -0.2) is 0 Å². The lowest BCUT2D eigenvalue weighted by atomic mass is 10.1. The molecule has 0 saturated carbocycles. The molecular weight excluding hydrogens is 214 g/mol. The highest BCUT2D eigenvalue weighted by atomic mass is 16.1. The minimum absolute atomic E-state index is 0.0391. The molecule has 0 spiro atoms. The first-order valence-corrected chi connectivity index (χ1v) is 6.07. The van der Waals surface area contributed by atoms with Crippen LogP contribution in [-0.2, 0) is 0 Å². The van der Waals surface area contributed by atoms with E-state index in [-0.39, 0.29) is 5.91 Å². The number of carbonyl (C=O) groups is 1. The molecule has 0 aliphatic rings. The molecule has 17 heavy (non-hydrogen) atoms. The zero-order chi connectivity index (χ0) is 12.7. The van der Waals surface area contributed by atoms with Crippen molar-refractivity contribution in [2.75, 3.05) is 13.1 Å². The maximum Gasteiger partial charge on any atom is 0.253 e. The highest BCUT2D eigenvalue weighted by Crippen LogP contribution is 2.06. The minimum Gasteiger partial charge on any atom is -0.352 e. The first-order chi connectivity index (χ1) is 8.15. The van der Waals surface area contributed by atoms with Crippen molar-refractivity contribution in [3.63, 3.8) is 0 Å². The van der Waals surface area contributed by atoms with Gasteiger partial charge in [0, 0.05) is 12.2 Å². The summed E-state index contributed by atoms with van der Waals surface area (Å²) in [6.07, 6.45) is 3.05. The molecule has 4 heteroatoms. The summed E-state index contributed by atoms with van der Waals surface area (Å²) < 4.78 is 0. The number of hydrogen-bond acceptors (Lipinski definition) is 3. The first-order valence-electron chi connectivity index (χ1n) is 6.07. The van der Waals surface area contributed by atoms with Gasteiger partial charge in [0.1, 0.15) is 0 Å². The first kappa shape index (κ1) is 13.6. The van der Waals surface area contributed by atoms with Crippen molar-refractivity contribution in [2.24, 2.45) is 5.73 Å². The number of aryl methyl sites for hydroxylation is 2. The molecule has 1 heterocycles. The van der Waals surface area contributed by atoms with Crippen molar-refractivity contribution in [2.45, 2.75) is 33.1 Å². The Morgan fingerprint density at radius 2 is 2.06 bits per heavy atom. The standard InChI is InChI=1S/C13H21N3O/c1-10-6-7-12(11(2)16-10)13(17)15-9-5-3-4-8-14/h6-7H,3-5,8-9,14H2,1-2H3,(H,15,17). The van der Waals surface area contributed by atoms with E-state index < -0.39 is 0 Å². The van der Waals surface area contributed by atoms with E-state index in [1.807, 2.05) is 26.0 Å². The van der Waals surface area contributed by atoms with Crippen LogP contribution in [0.2, 0.25) is 0 Å². The van der Waals surface area contributed by atoms with Crippen LogP contribution in [0.4, 0.5) is 0 Å². The van der Waals surface area contributed by atoms with Gasteiger partial charge in [0.15, 0.2) is 0 Å². The number of rotatable bonds is 6. The third-order valence-electron chi connectivity index (χ3n) is 2.64. The molecule has 0 aliphatic carbocycles. The summed E-state index contributed by atoms with van der Waals surface area (Å²) in [7, 11) is 0. The van der Waals surface area contributed by atoms with Gasteiger partial charge in [-0.2, -0.15) is 0 Å². The van der Waals surface area contributed by atoms with Crippen molar-refractivity contribution in [1.29, 1.82) is 0 Å². The molecule has 1 rings (SSSR count). The molecule has 0 aliphatic heterocycles. The number of aromatic nitrogens is 1. The molecule has 0 radical (unpaired) electrons. The maximum absolute atomic E-state index is 11.8. The number of amides is 1. The third-order valence-corrected chi connectivity index (χ3v) is 2.64. The summed E-state index contributed by atoms with van der Waals surface area (Å²) in [5, 5.41) is 2.90. The van der Waals surface area contributed by atoms with Crippen LogP contribution in [0.25, 0.3) is 0 Å². The number of nitrogens with one attached hydrogen (secondary N) is 1. The topological polar surface area (TPSA) is 68.0 Å². The molecule has 1 aromatic heterocycles. The predicted octanol–water partition coefficient (Wildman–Crippen LogP) is 1.56. The average Bonchev–Trinajstić information content (AvgIpc) is 2.28. The summed E-state index contributed by atoms with van der Waals surface area (Å²) in [4.78, 5) is 16.1. The normalized spacial score (nSPS) is 10.3. The van der Waals surface area contributed by atoms with E-state index in [1.165, 1.54) is 0 Å². The zero-order valence-electron chi connectivity index (χ0n) is 10.6. The summed E-state index contributed by atoms with van der Waals surface area (Å²) >= 11 is 0. The van der Waals surface area contributed by atoms with E-state index in [9.17, 15) is 4.79 Å². The summed E-state index contributed by atoms with van der Waals surface area (Å²) in [5.41, 5.74) is 7.78. The molecule has 4 nitrogen and oxygen atoms in total. The third kappa shape index (κ3) is 4.53. The van der Waals surface area contributed by atoms with Gasteiger partial charge >= 0.3 is 0 Å². The van der Waals surface area contributed by atoms with Crippen LogP contribution in [-0.4, -0.2) is 24.0 Å². The Kier molecular flexibility index (Phi) is 5.63. The Morgan fingerprint density at radius 1 is 1.29 bits per heavy atom. The van der Waals surface area contributed by atoms with Gasteiger partial charge in [-0.05, 0) is 45.4 Å². The molecule has 0 fully saturated rings. The van der Waals surface area contributed by atoms with Gasteiger partial charge in [-0.3, -0.25) is 9.78 Å². The predicted molar refractivity (Wildman–Crippen MR) is 68.9 cm³/mol. The molecule has 1 aromatic rings. The van der Waals surface area contributed by atoms with Crippen molar-refractivity contribution in [3.05, 3.63) is 29.1 Å². The second kappa shape index (κ2) is 7.01. The van der Waals surface area contributed by atoms with E-state index in [0.29, 0.717) is 12.1 Å². The van der Waals surface area contributed by atoms with Crippen LogP contribution in [0.3, 0.4) is 0 Å². The van der Waals surface area contributed by atoms with Crippen LogP contribution < -0.4 is 11.1 Å². The van der Waals surface area contributed by atoms with E-state index in [2.05, 4.69) is 10.3 Å². The lowest BCUT2D eigenvalue weighted by Gasteiger charge is -2.07. The Hall–Kier alpha value is -1.42. The fraction of sp³-hybridized carbons (Fsp3) is 0.538. The van der Waals surface area contributed by atoms with Crippen LogP contribution in [0.5, 0.6) is 0 Å². The molecule has 0 unspecified atom stereocenters. The number of hydrogen-bond donors (Lipinski definition) is 2. The minimum atomic E-state index is -0.0391. The second-order valence-electron chi connectivity index (χ2n) is 4.19. The molecule has 0 bridgehead atoms. The monoisotopic (exact) mass is 235 g/mol. The fourth-order valence-corrected chi connectivity index (χ4v) is 1.67. The van der Waals surface area contributed by atoms with Crippen molar-refractivity contribution in [3.8, 4) is 0 Å². The SMILES string of the molecule is Cc1ccc(C(=O)NCCCCCN)c(C)n1. The molecule has 3 N–H and O–H groups in total. The second-order valence-corrected chi connectivity index (χ2v) is 4.19. The smallest absolute Gasteiger partial charge is 0.253 e. The Balaban J connectivity index is 2.42. The lowest BCUT2D eigenvalue weighted by molar-refractivity contribution is 0.0952. The van der Waals surface area contributed by atoms with E-state index in [4.69, 9.17) is 5.73 Å². The quantitative estimate of drug-likeness (QED) is 0.735. The molecular formula is C13H21N3O. The van der Waals surface area contributed by atoms with Gasteiger partial charge in [0.05, 0.1) is 11.3 Å². The summed E-state index contributed by atoms with van der Waals surface area (Å²) in [6.45, 7) is 5.19. The van der Waals surface area contributed by atoms with Crippen molar-refractivity contribution < 1.29 is 4.79 Å².